The first-order chi connectivity index (χ1) is 7.25. The van der Waals surface area contributed by atoms with Crippen LogP contribution in [0, 0.1) is 5.92 Å². The molecule has 4 heteroatoms. The molecule has 2 heterocycles. The van der Waals surface area contributed by atoms with E-state index in [9.17, 15) is 0 Å². The van der Waals surface area contributed by atoms with E-state index in [-0.39, 0.29) is 0 Å². The van der Waals surface area contributed by atoms with Crippen LogP contribution in [0.2, 0.25) is 0 Å². The molecule has 1 fully saturated rings. The molecule has 4 nitrogen and oxygen atoms in total. The third-order valence-corrected chi connectivity index (χ3v) is 3.20. The lowest BCUT2D eigenvalue weighted by atomic mass is 10.0. The highest BCUT2D eigenvalue weighted by atomic mass is 15.3. The van der Waals surface area contributed by atoms with Crippen molar-refractivity contribution in [2.24, 2.45) is 5.92 Å². The Kier molecular flexibility index (Phi) is 1.71. The van der Waals surface area contributed by atoms with E-state index in [1.807, 2.05) is 12.1 Å². The molecule has 0 bridgehead atoms. The minimum absolute atomic E-state index is 0.521. The fourth-order valence-electron chi connectivity index (χ4n) is 2.03. The molecule has 1 aliphatic carbocycles. The van der Waals surface area contributed by atoms with Gasteiger partial charge in [-0.05, 0) is 18.8 Å². The molecule has 0 saturated heterocycles. The molecular weight excluding hydrogens is 188 g/mol. The predicted octanol–water partition coefficient (Wildman–Crippen LogP) is 1.82. The van der Waals surface area contributed by atoms with E-state index in [1.165, 1.54) is 12.8 Å². The predicted molar refractivity (Wildman–Crippen MR) is 58.5 cm³/mol. The van der Waals surface area contributed by atoms with Gasteiger partial charge in [0.15, 0.2) is 5.65 Å². The van der Waals surface area contributed by atoms with E-state index < -0.39 is 0 Å². The highest BCUT2D eigenvalue weighted by Gasteiger charge is 2.30. The number of nitrogens with two attached hydrogens (primary N) is 1. The number of fused-ring (bicyclic) bond motifs is 1. The zero-order chi connectivity index (χ0) is 10.4. The number of hydrogen-bond donors (Lipinski definition) is 1. The van der Waals surface area contributed by atoms with Crippen LogP contribution in [0.15, 0.2) is 18.3 Å². The SMILES string of the molecule is CC(c1cc(N)n2nccc2n1)C1CC1. The zero-order valence-electron chi connectivity index (χ0n) is 8.72. The van der Waals surface area contributed by atoms with E-state index >= 15 is 0 Å². The molecule has 2 N–H and O–H groups in total. The molecule has 0 spiro atoms. The summed E-state index contributed by atoms with van der Waals surface area (Å²) in [6, 6.07) is 3.84. The second kappa shape index (κ2) is 2.95. The van der Waals surface area contributed by atoms with Crippen molar-refractivity contribution in [3.05, 3.63) is 24.0 Å². The van der Waals surface area contributed by atoms with Gasteiger partial charge in [0.1, 0.15) is 5.82 Å². The summed E-state index contributed by atoms with van der Waals surface area (Å²) in [6.45, 7) is 2.23. The van der Waals surface area contributed by atoms with Crippen molar-refractivity contribution in [2.45, 2.75) is 25.7 Å². The first-order valence-electron chi connectivity index (χ1n) is 5.36. The molecule has 0 radical (unpaired) electrons. The Labute approximate surface area is 88.1 Å². The van der Waals surface area contributed by atoms with Gasteiger partial charge in [-0.25, -0.2) is 4.98 Å². The molecule has 1 atom stereocenters. The molecule has 0 aliphatic heterocycles. The third-order valence-electron chi connectivity index (χ3n) is 3.20. The summed E-state index contributed by atoms with van der Waals surface area (Å²) in [5, 5.41) is 4.11. The molecule has 0 amide bonds. The summed E-state index contributed by atoms with van der Waals surface area (Å²) in [6.07, 6.45) is 4.38. The van der Waals surface area contributed by atoms with Gasteiger partial charge in [0.2, 0.25) is 0 Å². The van der Waals surface area contributed by atoms with Gasteiger partial charge >= 0.3 is 0 Å². The highest BCUT2D eigenvalue weighted by Crippen LogP contribution is 2.41. The van der Waals surface area contributed by atoms with Crippen LogP contribution in [-0.2, 0) is 0 Å². The number of rotatable bonds is 2. The van der Waals surface area contributed by atoms with Crippen molar-refractivity contribution < 1.29 is 0 Å². The van der Waals surface area contributed by atoms with Crippen molar-refractivity contribution in [1.82, 2.24) is 14.6 Å². The topological polar surface area (TPSA) is 56.2 Å². The van der Waals surface area contributed by atoms with Gasteiger partial charge < -0.3 is 5.73 Å². The average molecular weight is 202 g/mol. The summed E-state index contributed by atoms with van der Waals surface area (Å²) in [5.41, 5.74) is 7.87. The lowest BCUT2D eigenvalue weighted by Gasteiger charge is -2.10. The summed E-state index contributed by atoms with van der Waals surface area (Å²) in [7, 11) is 0. The van der Waals surface area contributed by atoms with Gasteiger partial charge in [-0.3, -0.25) is 0 Å². The largest absolute Gasteiger partial charge is 0.384 e. The van der Waals surface area contributed by atoms with Gasteiger partial charge in [-0.2, -0.15) is 9.61 Å². The summed E-state index contributed by atoms with van der Waals surface area (Å²) in [5.74, 6) is 2.00. The van der Waals surface area contributed by atoms with Gasteiger partial charge in [0.05, 0.1) is 6.20 Å². The van der Waals surface area contributed by atoms with Crippen LogP contribution in [0.5, 0.6) is 0 Å². The second-order valence-electron chi connectivity index (χ2n) is 4.33. The normalized spacial score (nSPS) is 18.2. The van der Waals surface area contributed by atoms with E-state index in [0.29, 0.717) is 11.7 Å². The number of nitrogen functional groups attached to an aromatic ring is 1. The van der Waals surface area contributed by atoms with Gasteiger partial charge in [0.25, 0.3) is 0 Å². The van der Waals surface area contributed by atoms with Crippen LogP contribution in [0.25, 0.3) is 5.65 Å². The average Bonchev–Trinajstić information content (AvgIpc) is 2.96. The molecule has 1 unspecified atom stereocenters. The smallest absolute Gasteiger partial charge is 0.157 e. The van der Waals surface area contributed by atoms with Gasteiger partial charge in [-0.15, -0.1) is 0 Å². The first-order valence-corrected chi connectivity index (χ1v) is 5.36. The van der Waals surface area contributed by atoms with E-state index in [1.54, 1.807) is 10.7 Å². The Hall–Kier alpha value is -1.58. The van der Waals surface area contributed by atoms with Crippen LogP contribution in [0.1, 0.15) is 31.4 Å². The summed E-state index contributed by atoms with van der Waals surface area (Å²) in [4.78, 5) is 4.58. The van der Waals surface area contributed by atoms with Crippen LogP contribution < -0.4 is 5.73 Å². The fourth-order valence-corrected chi connectivity index (χ4v) is 2.03. The molecular formula is C11H14N4. The maximum absolute atomic E-state index is 5.92. The Bertz CT molecular complexity index is 498. The molecule has 1 aliphatic rings. The van der Waals surface area contributed by atoms with Crippen molar-refractivity contribution in [3.63, 3.8) is 0 Å². The first kappa shape index (κ1) is 8.71. The lowest BCUT2D eigenvalue weighted by Crippen LogP contribution is -2.06. The standard InChI is InChI=1S/C11H14N4/c1-7(8-2-3-8)9-6-10(12)15-11(14-9)4-5-13-15/h4-8H,2-3,12H2,1H3. The molecule has 15 heavy (non-hydrogen) atoms. The lowest BCUT2D eigenvalue weighted by molar-refractivity contribution is 0.643. The van der Waals surface area contributed by atoms with Gasteiger partial charge in [-0.1, -0.05) is 6.92 Å². The second-order valence-corrected chi connectivity index (χ2v) is 4.33. The van der Waals surface area contributed by atoms with Crippen LogP contribution in [0.4, 0.5) is 5.82 Å². The maximum Gasteiger partial charge on any atom is 0.157 e. The fraction of sp³-hybridized carbons (Fsp3) is 0.455. The van der Waals surface area contributed by atoms with Crippen molar-refractivity contribution in [2.75, 3.05) is 5.73 Å². The van der Waals surface area contributed by atoms with Crippen molar-refractivity contribution in [1.29, 1.82) is 0 Å². The molecule has 1 saturated carbocycles. The molecule has 2 aromatic rings. The summed E-state index contributed by atoms with van der Waals surface area (Å²) >= 11 is 0. The zero-order valence-corrected chi connectivity index (χ0v) is 8.72. The number of aromatic nitrogens is 3. The summed E-state index contributed by atoms with van der Waals surface area (Å²) < 4.78 is 1.67. The molecule has 3 rings (SSSR count). The monoisotopic (exact) mass is 202 g/mol. The third kappa shape index (κ3) is 1.37. The minimum atomic E-state index is 0.521. The highest BCUT2D eigenvalue weighted by molar-refractivity contribution is 5.47. The van der Waals surface area contributed by atoms with Crippen molar-refractivity contribution in [3.8, 4) is 0 Å². The number of hydrogen-bond acceptors (Lipinski definition) is 3. The Balaban J connectivity index is 2.10. The molecule has 78 valence electrons. The van der Waals surface area contributed by atoms with E-state index in [4.69, 9.17) is 5.73 Å². The molecule has 2 aromatic heterocycles. The van der Waals surface area contributed by atoms with Crippen LogP contribution in [-0.4, -0.2) is 14.6 Å². The Morgan fingerprint density at radius 3 is 3.07 bits per heavy atom. The number of nitrogens with zero attached hydrogens (tertiary/aromatic N) is 3. The van der Waals surface area contributed by atoms with Crippen LogP contribution >= 0.6 is 0 Å². The van der Waals surface area contributed by atoms with Gasteiger partial charge in [0, 0.05) is 23.7 Å². The number of anilines is 1. The Morgan fingerprint density at radius 2 is 2.33 bits per heavy atom. The van der Waals surface area contributed by atoms with E-state index in [0.717, 1.165) is 17.3 Å². The van der Waals surface area contributed by atoms with Crippen molar-refractivity contribution >= 4 is 11.5 Å². The van der Waals surface area contributed by atoms with Crippen LogP contribution in [0.3, 0.4) is 0 Å². The minimum Gasteiger partial charge on any atom is -0.384 e. The molecule has 0 aromatic carbocycles. The maximum atomic E-state index is 5.92. The Morgan fingerprint density at radius 1 is 1.53 bits per heavy atom. The quantitative estimate of drug-likeness (QED) is 0.808. The van der Waals surface area contributed by atoms with E-state index in [2.05, 4.69) is 17.0 Å².